The van der Waals surface area contributed by atoms with Crippen LogP contribution in [0.2, 0.25) is 0 Å². The van der Waals surface area contributed by atoms with Crippen LogP contribution in [0.25, 0.3) is 11.2 Å². The number of nitrogens with two attached hydrogens (primary N) is 1. The van der Waals surface area contributed by atoms with Crippen LogP contribution >= 0.6 is 0 Å². The van der Waals surface area contributed by atoms with E-state index in [2.05, 4.69) is 9.72 Å². The van der Waals surface area contributed by atoms with Gasteiger partial charge in [-0.3, -0.25) is 14.3 Å². The molecule has 1 fully saturated rings. The van der Waals surface area contributed by atoms with Gasteiger partial charge in [-0.1, -0.05) is 0 Å². The van der Waals surface area contributed by atoms with Gasteiger partial charge >= 0.3 is 18.0 Å². The molecule has 0 amide bonds. The van der Waals surface area contributed by atoms with Crippen molar-refractivity contribution in [2.75, 3.05) is 5.73 Å². The third-order valence-corrected chi connectivity index (χ3v) is 4.30. The molecule has 0 saturated carbocycles. The summed E-state index contributed by atoms with van der Waals surface area (Å²) in [7, 11) is 0. The van der Waals surface area contributed by atoms with Crippen molar-refractivity contribution in [3.8, 4) is 0 Å². The lowest BCUT2D eigenvalue weighted by Crippen LogP contribution is -2.44. The molecule has 0 spiro atoms. The van der Waals surface area contributed by atoms with Crippen LogP contribution in [0.1, 0.15) is 6.23 Å². The molecule has 3 heterocycles. The molecule has 0 bridgehead atoms. The summed E-state index contributed by atoms with van der Waals surface area (Å²) in [6.45, 7) is -2.01. The number of aromatic nitrogens is 4. The fourth-order valence-corrected chi connectivity index (χ4v) is 3.07. The van der Waals surface area contributed by atoms with Gasteiger partial charge in [0.2, 0.25) is 5.95 Å². The van der Waals surface area contributed by atoms with Crippen LogP contribution in [0.3, 0.4) is 0 Å². The highest BCUT2D eigenvalue weighted by Gasteiger charge is 2.56. The molecule has 0 radical (unpaired) electrons. The molecule has 2 aromatic heterocycles. The molecule has 30 heavy (non-hydrogen) atoms. The number of anilines is 1. The van der Waals surface area contributed by atoms with Crippen LogP contribution < -0.4 is 17.0 Å². The summed E-state index contributed by atoms with van der Waals surface area (Å²) < 4.78 is 95.5. The predicted molar refractivity (Wildman–Crippen MR) is 82.0 cm³/mol. The highest BCUT2D eigenvalue weighted by atomic mass is 19.4. The lowest BCUT2D eigenvalue weighted by atomic mass is 10.1. The third kappa shape index (κ3) is 3.63. The molecule has 17 heteroatoms. The predicted octanol–water partition coefficient (Wildman–Crippen LogP) is -0.450. The van der Waals surface area contributed by atoms with Crippen molar-refractivity contribution in [1.29, 1.82) is 0 Å². The van der Waals surface area contributed by atoms with Crippen LogP contribution in [0.5, 0.6) is 0 Å². The molecule has 1 aliphatic heterocycles. The van der Waals surface area contributed by atoms with E-state index in [1.807, 2.05) is 4.98 Å². The monoisotopic (exact) mass is 451 g/mol. The summed E-state index contributed by atoms with van der Waals surface area (Å²) in [4.78, 5) is 29.9. The SMILES string of the molecule is Nc1nc2c(c(=O)[nH]1)n(CC(F)(F)F)c(=O)n2[C@@H]1O[C@H]([C@@H](O)C(F)(F)F)[C@H](F)[C@H]1O. The van der Waals surface area contributed by atoms with Crippen LogP contribution in [0, 0.1) is 0 Å². The van der Waals surface area contributed by atoms with E-state index in [0.29, 0.717) is 0 Å². The highest BCUT2D eigenvalue weighted by molar-refractivity contribution is 5.71. The zero-order valence-corrected chi connectivity index (χ0v) is 14.3. The van der Waals surface area contributed by atoms with E-state index >= 15 is 0 Å². The number of aliphatic hydroxyl groups is 2. The molecule has 1 saturated heterocycles. The maximum absolute atomic E-state index is 14.2. The number of alkyl halides is 7. The molecule has 5 atom stereocenters. The Morgan fingerprint density at radius 1 is 1.23 bits per heavy atom. The Bertz CT molecular complexity index is 1070. The number of fused-ring (bicyclic) bond motifs is 1. The highest BCUT2D eigenvalue weighted by Crippen LogP contribution is 2.38. The van der Waals surface area contributed by atoms with Crippen LogP contribution in [0.15, 0.2) is 9.59 Å². The quantitative estimate of drug-likeness (QED) is 0.462. The standard InChI is InChI=1S/C13H12F7N5O5/c14-2-4(26)9(30-5(2)6(27)13(18,19)20)25-7-3(8(28)23-10(21)22-7)24(11(25)29)1-12(15,16)17/h2,4-6,9,26-27H,1H2,(H3,21,22,23,28)/t2-,4-,5+,6-,9-/m1/s1. The number of halogens is 7. The van der Waals surface area contributed by atoms with Gasteiger partial charge in [-0.15, -0.1) is 0 Å². The average molecular weight is 451 g/mol. The maximum atomic E-state index is 14.2. The molecule has 3 rings (SSSR count). The molecule has 0 aliphatic carbocycles. The second-order valence-electron chi connectivity index (χ2n) is 6.39. The molecule has 0 aromatic carbocycles. The zero-order valence-electron chi connectivity index (χ0n) is 14.3. The summed E-state index contributed by atoms with van der Waals surface area (Å²) >= 11 is 0. The summed E-state index contributed by atoms with van der Waals surface area (Å²) in [5.41, 5.74) is 0.404. The molecule has 5 N–H and O–H groups in total. The largest absolute Gasteiger partial charge is 0.417 e. The molecule has 168 valence electrons. The van der Waals surface area contributed by atoms with Gasteiger partial charge < -0.3 is 20.7 Å². The molecule has 2 aromatic rings. The molecular formula is C13H12F7N5O5. The average Bonchev–Trinajstić information content (AvgIpc) is 3.00. The Kier molecular flexibility index (Phi) is 5.10. The minimum Gasteiger partial charge on any atom is -0.385 e. The van der Waals surface area contributed by atoms with Crippen molar-refractivity contribution in [3.63, 3.8) is 0 Å². The molecule has 1 aliphatic rings. The van der Waals surface area contributed by atoms with Crippen LogP contribution in [0.4, 0.5) is 36.7 Å². The minimum atomic E-state index is -5.38. The van der Waals surface area contributed by atoms with E-state index in [-0.39, 0.29) is 9.13 Å². The number of hydrogen-bond acceptors (Lipinski definition) is 7. The number of nitrogens with zero attached hydrogens (tertiary/aromatic N) is 3. The van der Waals surface area contributed by atoms with Crippen molar-refractivity contribution >= 4 is 17.1 Å². The Morgan fingerprint density at radius 3 is 2.37 bits per heavy atom. The van der Waals surface area contributed by atoms with E-state index in [4.69, 9.17) is 5.73 Å². The van der Waals surface area contributed by atoms with Crippen molar-refractivity contribution in [1.82, 2.24) is 19.1 Å². The summed E-state index contributed by atoms with van der Waals surface area (Å²) in [5.74, 6) is -0.693. The fourth-order valence-electron chi connectivity index (χ4n) is 3.07. The van der Waals surface area contributed by atoms with Gasteiger partial charge in [-0.05, 0) is 0 Å². The van der Waals surface area contributed by atoms with E-state index in [0.717, 1.165) is 0 Å². The Labute approximate surface area is 159 Å². The Balaban J connectivity index is 2.20. The first kappa shape index (κ1) is 22.0. The van der Waals surface area contributed by atoms with Gasteiger partial charge in [0.1, 0.15) is 18.8 Å². The normalized spacial score (nSPS) is 26.4. The van der Waals surface area contributed by atoms with E-state index in [1.54, 1.807) is 0 Å². The first-order valence-corrected chi connectivity index (χ1v) is 7.93. The number of imidazole rings is 1. The van der Waals surface area contributed by atoms with Gasteiger partial charge in [0, 0.05) is 0 Å². The Hall–Kier alpha value is -2.66. The van der Waals surface area contributed by atoms with Crippen molar-refractivity contribution < 1.29 is 45.7 Å². The number of aromatic amines is 1. The fraction of sp³-hybridized carbons (Fsp3) is 0.615. The number of nitrogens with one attached hydrogen (secondary N) is 1. The maximum Gasteiger partial charge on any atom is 0.417 e. The van der Waals surface area contributed by atoms with Crippen molar-refractivity contribution in [2.24, 2.45) is 0 Å². The van der Waals surface area contributed by atoms with Crippen LogP contribution in [-0.2, 0) is 11.3 Å². The smallest absolute Gasteiger partial charge is 0.385 e. The molecule has 0 unspecified atom stereocenters. The Morgan fingerprint density at radius 2 is 1.83 bits per heavy atom. The first-order valence-electron chi connectivity index (χ1n) is 7.93. The summed E-state index contributed by atoms with van der Waals surface area (Å²) in [6.07, 6.45) is -24.3. The van der Waals surface area contributed by atoms with Crippen LogP contribution in [-0.4, -0.2) is 66.2 Å². The lowest BCUT2D eigenvalue weighted by molar-refractivity contribution is -0.241. The van der Waals surface area contributed by atoms with Crippen molar-refractivity contribution in [3.05, 3.63) is 20.8 Å². The second-order valence-corrected chi connectivity index (χ2v) is 6.39. The second kappa shape index (κ2) is 6.95. The number of H-pyrrole nitrogens is 1. The number of nitrogen functional groups attached to an aromatic ring is 1. The van der Waals surface area contributed by atoms with Gasteiger partial charge in [0.05, 0.1) is 0 Å². The topological polar surface area (TPSA) is 148 Å². The van der Waals surface area contributed by atoms with Gasteiger partial charge in [-0.2, -0.15) is 31.3 Å². The molecular weight excluding hydrogens is 439 g/mol. The van der Waals surface area contributed by atoms with E-state index < -0.39 is 78.0 Å². The van der Waals surface area contributed by atoms with Gasteiger partial charge in [0.15, 0.2) is 29.7 Å². The van der Waals surface area contributed by atoms with Crippen molar-refractivity contribution in [2.45, 2.75) is 49.6 Å². The van der Waals surface area contributed by atoms with E-state index in [1.165, 1.54) is 0 Å². The first-order chi connectivity index (χ1) is 13.6. The summed E-state index contributed by atoms with van der Waals surface area (Å²) in [5, 5.41) is 19.2. The lowest BCUT2D eigenvalue weighted by Gasteiger charge is -2.22. The minimum absolute atomic E-state index is 0.0764. The zero-order chi connectivity index (χ0) is 22.8. The molecule has 10 nitrogen and oxygen atoms in total. The van der Waals surface area contributed by atoms with E-state index in [9.17, 15) is 50.5 Å². The van der Waals surface area contributed by atoms with Gasteiger partial charge in [0.25, 0.3) is 5.56 Å². The number of ether oxygens (including phenoxy) is 1. The number of hydrogen-bond donors (Lipinski definition) is 4. The third-order valence-electron chi connectivity index (χ3n) is 4.30. The summed E-state index contributed by atoms with van der Waals surface area (Å²) in [6, 6.07) is 0. The van der Waals surface area contributed by atoms with Gasteiger partial charge in [-0.25, -0.2) is 13.8 Å². The number of rotatable bonds is 3. The number of aliphatic hydroxyl groups excluding tert-OH is 2.